The van der Waals surface area contributed by atoms with Crippen LogP contribution in [0.15, 0.2) is 54.6 Å². The third-order valence-corrected chi connectivity index (χ3v) is 7.91. The number of methoxy groups -OCH3 is 1. The van der Waals surface area contributed by atoms with E-state index in [4.69, 9.17) is 4.74 Å². The lowest BCUT2D eigenvalue weighted by Crippen LogP contribution is -2.51. The fourth-order valence-electron chi connectivity index (χ4n) is 4.55. The summed E-state index contributed by atoms with van der Waals surface area (Å²) in [5.41, 5.74) is 1.31. The van der Waals surface area contributed by atoms with Crippen molar-refractivity contribution in [1.82, 2.24) is 14.8 Å². The van der Waals surface area contributed by atoms with Crippen LogP contribution < -0.4 is 19.5 Å². The Hall–Kier alpha value is -2.46. The summed E-state index contributed by atoms with van der Waals surface area (Å²) in [6, 6.07) is 16.5. The van der Waals surface area contributed by atoms with Gasteiger partial charge in [-0.1, -0.05) is 49.4 Å². The van der Waals surface area contributed by atoms with Gasteiger partial charge in [-0.15, -0.1) is 0 Å². The largest absolute Gasteiger partial charge is 0.496 e. The van der Waals surface area contributed by atoms with Crippen molar-refractivity contribution in [2.45, 2.75) is 56.5 Å². The van der Waals surface area contributed by atoms with Gasteiger partial charge in [0.2, 0.25) is 0 Å². The number of ether oxygens (including phenoxy) is 1. The molecule has 0 heterocycles. The number of hydrogen-bond donors (Lipinski definition) is 4. The minimum atomic E-state index is -3.72. The third kappa shape index (κ3) is 6.56. The average Bonchev–Trinajstić information content (AvgIpc) is 2.87. The smallest absolute Gasteiger partial charge is 0.277 e. The highest BCUT2D eigenvalue weighted by atomic mass is 32.2. The van der Waals surface area contributed by atoms with Crippen LogP contribution in [0, 0.1) is 0 Å². The Labute approximate surface area is 202 Å². The van der Waals surface area contributed by atoms with E-state index in [2.05, 4.69) is 26.9 Å². The fourth-order valence-corrected chi connectivity index (χ4v) is 5.97. The molecule has 9 heteroatoms. The zero-order valence-electron chi connectivity index (χ0n) is 19.8. The molecule has 3 rings (SSSR count). The lowest BCUT2D eigenvalue weighted by Gasteiger charge is -2.41. The summed E-state index contributed by atoms with van der Waals surface area (Å²) >= 11 is 0. The Kier molecular flexibility index (Phi) is 9.07. The molecule has 8 nitrogen and oxygen atoms in total. The summed E-state index contributed by atoms with van der Waals surface area (Å²) in [5.74, 6) is 0.321. The van der Waals surface area contributed by atoms with Gasteiger partial charge in [-0.3, -0.25) is 4.79 Å². The molecule has 1 saturated carbocycles. The molecule has 34 heavy (non-hydrogen) atoms. The number of carbonyl (C=O) groups is 1. The van der Waals surface area contributed by atoms with Crippen LogP contribution in [0.1, 0.15) is 54.9 Å². The maximum atomic E-state index is 12.9. The summed E-state index contributed by atoms with van der Waals surface area (Å²) in [5, 5.41) is 12.4. The molecule has 1 atom stereocenters. The topological polar surface area (TPSA) is 117 Å². The van der Waals surface area contributed by atoms with Crippen LogP contribution in [-0.2, 0) is 15.6 Å². The second-order valence-electron chi connectivity index (χ2n) is 8.83. The molecule has 1 aliphatic rings. The van der Waals surface area contributed by atoms with Gasteiger partial charge in [0.25, 0.3) is 16.1 Å². The predicted octanol–water partition coefficient (Wildman–Crippen LogP) is 2.50. The molecule has 0 radical (unpaired) electrons. The van der Waals surface area contributed by atoms with Crippen LogP contribution in [-0.4, -0.2) is 51.8 Å². The molecule has 0 saturated heterocycles. The Morgan fingerprint density at radius 3 is 2.38 bits per heavy atom. The van der Waals surface area contributed by atoms with Crippen molar-refractivity contribution in [3.63, 3.8) is 0 Å². The highest BCUT2D eigenvalue weighted by Crippen LogP contribution is 2.39. The summed E-state index contributed by atoms with van der Waals surface area (Å²) < 4.78 is 35.5. The Balaban J connectivity index is 1.70. The lowest BCUT2D eigenvalue weighted by atomic mass is 9.68. The van der Waals surface area contributed by atoms with Gasteiger partial charge in [-0.25, -0.2) is 0 Å². The van der Waals surface area contributed by atoms with E-state index in [-0.39, 0.29) is 24.0 Å². The summed E-state index contributed by atoms with van der Waals surface area (Å²) in [6.45, 7) is 2.01. The second-order valence-corrected chi connectivity index (χ2v) is 10.3. The third-order valence-electron chi connectivity index (χ3n) is 6.62. The number of para-hydroxylation sites is 1. The number of benzene rings is 2. The summed E-state index contributed by atoms with van der Waals surface area (Å²) in [7, 11) is -2.18. The van der Waals surface area contributed by atoms with Gasteiger partial charge in [-0.05, 0) is 49.8 Å². The van der Waals surface area contributed by atoms with Crippen LogP contribution in [0.25, 0.3) is 0 Å². The van der Waals surface area contributed by atoms with Gasteiger partial charge >= 0.3 is 0 Å². The zero-order valence-corrected chi connectivity index (χ0v) is 20.6. The first-order chi connectivity index (χ1) is 16.3. The van der Waals surface area contributed by atoms with E-state index in [0.29, 0.717) is 50.0 Å². The SMILES string of the molecule is CCC(CO)NS(=O)(=O)N[C@H]1CC[C@](CNC(=O)c2ccccc2OC)(c2ccccc2)CC1. The van der Waals surface area contributed by atoms with E-state index >= 15 is 0 Å². The maximum absolute atomic E-state index is 12.9. The van der Waals surface area contributed by atoms with E-state index in [1.807, 2.05) is 31.2 Å². The van der Waals surface area contributed by atoms with E-state index in [1.165, 1.54) is 7.11 Å². The van der Waals surface area contributed by atoms with E-state index in [1.54, 1.807) is 18.2 Å². The molecule has 1 aliphatic carbocycles. The number of aliphatic hydroxyl groups excluding tert-OH is 1. The number of rotatable bonds is 11. The van der Waals surface area contributed by atoms with Crippen molar-refractivity contribution in [3.05, 3.63) is 65.7 Å². The van der Waals surface area contributed by atoms with Crippen molar-refractivity contribution >= 4 is 16.1 Å². The van der Waals surface area contributed by atoms with Crippen LogP contribution >= 0.6 is 0 Å². The molecule has 2 aromatic carbocycles. The molecule has 0 aliphatic heterocycles. The monoisotopic (exact) mass is 489 g/mol. The molecular formula is C25H35N3O5S. The molecule has 4 N–H and O–H groups in total. The Bertz CT molecular complexity index is 1030. The second kappa shape index (κ2) is 11.8. The van der Waals surface area contributed by atoms with E-state index < -0.39 is 16.3 Å². The molecule has 186 valence electrons. The lowest BCUT2D eigenvalue weighted by molar-refractivity contribution is 0.0932. The standard InChI is InChI=1S/C25H35N3O5S/c1-3-20(17-29)27-34(31,32)28-21-13-15-25(16-14-21,19-9-5-4-6-10-19)18-26-24(30)22-11-7-8-12-23(22)33-2/h4-12,20-21,27-29H,3,13-18H2,1-2H3,(H,26,30)/t20?,21-,25-. The van der Waals surface area contributed by atoms with E-state index in [9.17, 15) is 18.3 Å². The molecule has 1 fully saturated rings. The number of hydrogen-bond acceptors (Lipinski definition) is 5. The quantitative estimate of drug-likeness (QED) is 0.387. The highest BCUT2D eigenvalue weighted by Gasteiger charge is 2.38. The normalized spacial score (nSPS) is 21.6. The molecular weight excluding hydrogens is 454 g/mol. The zero-order chi connectivity index (χ0) is 24.6. The van der Waals surface area contributed by atoms with Gasteiger partial charge in [0.05, 0.1) is 19.3 Å². The van der Waals surface area contributed by atoms with Crippen molar-refractivity contribution in [2.75, 3.05) is 20.3 Å². The van der Waals surface area contributed by atoms with Gasteiger partial charge < -0.3 is 15.2 Å². The molecule has 1 amide bonds. The average molecular weight is 490 g/mol. The molecule has 2 aromatic rings. The van der Waals surface area contributed by atoms with Crippen molar-refractivity contribution in [2.24, 2.45) is 0 Å². The Morgan fingerprint density at radius 1 is 1.12 bits per heavy atom. The number of carbonyl (C=O) groups excluding carboxylic acids is 1. The van der Waals surface area contributed by atoms with Crippen LogP contribution in [0.2, 0.25) is 0 Å². The van der Waals surface area contributed by atoms with E-state index in [0.717, 1.165) is 5.56 Å². The Morgan fingerprint density at radius 2 is 1.76 bits per heavy atom. The highest BCUT2D eigenvalue weighted by molar-refractivity contribution is 7.87. The molecule has 0 spiro atoms. The summed E-state index contributed by atoms with van der Waals surface area (Å²) in [6.07, 6.45) is 3.21. The first-order valence-electron chi connectivity index (χ1n) is 11.7. The number of aliphatic hydroxyl groups is 1. The van der Waals surface area contributed by atoms with Gasteiger partial charge in [-0.2, -0.15) is 17.9 Å². The first kappa shape index (κ1) is 26.2. The molecule has 0 bridgehead atoms. The maximum Gasteiger partial charge on any atom is 0.277 e. The number of nitrogens with one attached hydrogen (secondary N) is 3. The van der Waals surface area contributed by atoms with Crippen LogP contribution in [0.5, 0.6) is 5.75 Å². The molecule has 0 aromatic heterocycles. The first-order valence-corrected chi connectivity index (χ1v) is 13.2. The summed E-state index contributed by atoms with van der Waals surface area (Å²) in [4.78, 5) is 12.9. The van der Waals surface area contributed by atoms with Gasteiger partial charge in [0.15, 0.2) is 0 Å². The van der Waals surface area contributed by atoms with Crippen LogP contribution in [0.4, 0.5) is 0 Å². The van der Waals surface area contributed by atoms with Crippen molar-refractivity contribution in [3.8, 4) is 5.75 Å². The fraction of sp³-hybridized carbons (Fsp3) is 0.480. The molecule has 1 unspecified atom stereocenters. The minimum Gasteiger partial charge on any atom is -0.496 e. The number of amides is 1. The predicted molar refractivity (Wildman–Crippen MR) is 132 cm³/mol. The van der Waals surface area contributed by atoms with Crippen LogP contribution in [0.3, 0.4) is 0 Å². The van der Waals surface area contributed by atoms with Gasteiger partial charge in [0.1, 0.15) is 5.75 Å². The van der Waals surface area contributed by atoms with Crippen molar-refractivity contribution < 1.29 is 23.1 Å². The van der Waals surface area contributed by atoms with Gasteiger partial charge in [0, 0.05) is 24.0 Å². The van der Waals surface area contributed by atoms with Crippen molar-refractivity contribution in [1.29, 1.82) is 0 Å². The minimum absolute atomic E-state index is 0.200.